The summed E-state index contributed by atoms with van der Waals surface area (Å²) in [6, 6.07) is 3.74. The van der Waals surface area contributed by atoms with Gasteiger partial charge in [-0.2, -0.15) is 0 Å². The van der Waals surface area contributed by atoms with E-state index in [9.17, 15) is 4.79 Å². The van der Waals surface area contributed by atoms with Crippen LogP contribution in [0.15, 0.2) is 18.3 Å². The Labute approximate surface area is 115 Å². The van der Waals surface area contributed by atoms with Crippen LogP contribution in [0.3, 0.4) is 0 Å². The Hall–Kier alpha value is -1.58. The summed E-state index contributed by atoms with van der Waals surface area (Å²) in [5.74, 6) is 0.0740. The van der Waals surface area contributed by atoms with Crippen LogP contribution in [0.25, 0.3) is 0 Å². The monoisotopic (exact) mass is 261 g/mol. The van der Waals surface area contributed by atoms with Gasteiger partial charge in [0.2, 0.25) is 0 Å². The van der Waals surface area contributed by atoms with Gasteiger partial charge in [-0.05, 0) is 31.9 Å². The highest BCUT2D eigenvalue weighted by molar-refractivity contribution is 5.92. The second kappa shape index (κ2) is 7.12. The molecule has 4 nitrogen and oxygen atoms in total. The molecule has 0 aliphatic carbocycles. The van der Waals surface area contributed by atoms with Gasteiger partial charge >= 0.3 is 0 Å². The third kappa shape index (κ3) is 3.94. The van der Waals surface area contributed by atoms with Crippen molar-refractivity contribution >= 4 is 11.6 Å². The average molecular weight is 261 g/mol. The second-order valence-electron chi connectivity index (χ2n) is 5.02. The van der Waals surface area contributed by atoms with Gasteiger partial charge in [-0.15, -0.1) is 0 Å². The van der Waals surface area contributed by atoms with Gasteiger partial charge in [0.05, 0.1) is 11.9 Å². The highest BCUT2D eigenvalue weighted by atomic mass is 16.2. The Balaban J connectivity index is 2.00. The molecule has 0 atom stereocenters. The zero-order valence-electron chi connectivity index (χ0n) is 11.7. The summed E-state index contributed by atoms with van der Waals surface area (Å²) in [7, 11) is 0. The number of likely N-dealkylation sites (tertiary alicyclic amines) is 1. The summed E-state index contributed by atoms with van der Waals surface area (Å²) >= 11 is 0. The predicted octanol–water partition coefficient (Wildman–Crippen LogP) is 2.92. The van der Waals surface area contributed by atoms with E-state index in [1.165, 1.54) is 19.3 Å². The lowest BCUT2D eigenvalue weighted by atomic mass is 10.1. The van der Waals surface area contributed by atoms with Crippen LogP contribution in [-0.4, -0.2) is 35.4 Å². The van der Waals surface area contributed by atoms with Crippen molar-refractivity contribution in [2.45, 2.75) is 39.0 Å². The smallest absolute Gasteiger partial charge is 0.272 e. The molecule has 1 aromatic heterocycles. The molecule has 0 bridgehead atoms. The molecular weight excluding hydrogens is 238 g/mol. The van der Waals surface area contributed by atoms with Crippen LogP contribution in [0.4, 0.5) is 5.69 Å². The van der Waals surface area contributed by atoms with Gasteiger partial charge in [0.15, 0.2) is 0 Å². The maximum Gasteiger partial charge on any atom is 0.272 e. The lowest BCUT2D eigenvalue weighted by Crippen LogP contribution is -2.34. The van der Waals surface area contributed by atoms with E-state index in [1.807, 2.05) is 24.0 Å². The van der Waals surface area contributed by atoms with E-state index in [-0.39, 0.29) is 5.91 Å². The topological polar surface area (TPSA) is 45.2 Å². The average Bonchev–Trinajstić information content (AvgIpc) is 2.39. The largest absolute Gasteiger partial charge is 0.384 e. The molecule has 1 fully saturated rings. The molecule has 0 aromatic carbocycles. The van der Waals surface area contributed by atoms with E-state index in [4.69, 9.17) is 0 Å². The summed E-state index contributed by atoms with van der Waals surface area (Å²) in [6.45, 7) is 4.64. The molecule has 2 heterocycles. The summed E-state index contributed by atoms with van der Waals surface area (Å²) in [5.41, 5.74) is 1.52. The van der Waals surface area contributed by atoms with E-state index >= 15 is 0 Å². The maximum atomic E-state index is 12.4. The van der Waals surface area contributed by atoms with Gasteiger partial charge in [-0.1, -0.05) is 19.3 Å². The molecular formula is C15H23N3O. The van der Waals surface area contributed by atoms with Crippen LogP contribution in [0, 0.1) is 0 Å². The normalized spacial score (nSPS) is 16.6. The summed E-state index contributed by atoms with van der Waals surface area (Å²) in [4.78, 5) is 18.6. The van der Waals surface area contributed by atoms with Gasteiger partial charge in [0.25, 0.3) is 5.91 Å². The molecule has 0 unspecified atom stereocenters. The first-order valence-electron chi connectivity index (χ1n) is 7.30. The van der Waals surface area contributed by atoms with Crippen LogP contribution < -0.4 is 5.32 Å². The lowest BCUT2D eigenvalue weighted by Gasteiger charge is -2.24. The van der Waals surface area contributed by atoms with Crippen LogP contribution in [0.1, 0.15) is 49.5 Å². The van der Waals surface area contributed by atoms with Crippen LogP contribution in [-0.2, 0) is 0 Å². The Bertz CT molecular complexity index is 394. The lowest BCUT2D eigenvalue weighted by molar-refractivity contribution is 0.0736. The molecule has 19 heavy (non-hydrogen) atoms. The second-order valence-corrected chi connectivity index (χ2v) is 5.02. The minimum Gasteiger partial charge on any atom is -0.384 e. The van der Waals surface area contributed by atoms with Gasteiger partial charge in [0.1, 0.15) is 5.69 Å². The van der Waals surface area contributed by atoms with Crippen molar-refractivity contribution in [2.75, 3.05) is 25.0 Å². The van der Waals surface area contributed by atoms with E-state index in [2.05, 4.69) is 10.3 Å². The molecule has 1 aromatic rings. The zero-order chi connectivity index (χ0) is 13.5. The van der Waals surface area contributed by atoms with Crippen molar-refractivity contribution in [2.24, 2.45) is 0 Å². The fraction of sp³-hybridized carbons (Fsp3) is 0.600. The molecule has 0 radical (unpaired) electrons. The molecule has 1 aliphatic rings. The minimum absolute atomic E-state index is 0.0740. The van der Waals surface area contributed by atoms with E-state index in [0.717, 1.165) is 38.2 Å². The van der Waals surface area contributed by atoms with Crippen LogP contribution in [0.2, 0.25) is 0 Å². The first-order valence-corrected chi connectivity index (χ1v) is 7.30. The maximum absolute atomic E-state index is 12.4. The van der Waals surface area contributed by atoms with Crippen LogP contribution in [0.5, 0.6) is 0 Å². The fourth-order valence-electron chi connectivity index (χ4n) is 2.44. The van der Waals surface area contributed by atoms with Crippen molar-refractivity contribution in [3.8, 4) is 0 Å². The number of hydrogen-bond acceptors (Lipinski definition) is 3. The molecule has 1 saturated heterocycles. The minimum atomic E-state index is 0.0740. The van der Waals surface area contributed by atoms with Gasteiger partial charge in [0, 0.05) is 19.6 Å². The Morgan fingerprint density at radius 2 is 1.89 bits per heavy atom. The van der Waals surface area contributed by atoms with Gasteiger partial charge in [-0.25, -0.2) is 4.98 Å². The fourth-order valence-corrected chi connectivity index (χ4v) is 2.44. The summed E-state index contributed by atoms with van der Waals surface area (Å²) < 4.78 is 0. The number of carbonyl (C=O) groups excluding carboxylic acids is 1. The Kier molecular flexibility index (Phi) is 5.19. The first-order chi connectivity index (χ1) is 9.31. The highest BCUT2D eigenvalue weighted by Crippen LogP contribution is 2.13. The number of hydrogen-bond donors (Lipinski definition) is 1. The highest BCUT2D eigenvalue weighted by Gasteiger charge is 2.17. The predicted molar refractivity (Wildman–Crippen MR) is 77.4 cm³/mol. The van der Waals surface area contributed by atoms with E-state index in [0.29, 0.717) is 5.69 Å². The first kappa shape index (κ1) is 13.8. The molecule has 1 N–H and O–H groups in total. The quantitative estimate of drug-likeness (QED) is 0.910. The van der Waals surface area contributed by atoms with Gasteiger partial charge < -0.3 is 10.2 Å². The molecule has 1 aliphatic heterocycles. The number of rotatable bonds is 3. The van der Waals surface area contributed by atoms with Crippen molar-refractivity contribution in [1.82, 2.24) is 9.88 Å². The molecule has 2 rings (SSSR count). The number of anilines is 1. The SMILES string of the molecule is CCNc1ccc(C(=O)N2CCCCCCC2)nc1. The number of nitrogens with zero attached hydrogens (tertiary/aromatic N) is 2. The number of aromatic nitrogens is 1. The Morgan fingerprint density at radius 1 is 1.21 bits per heavy atom. The van der Waals surface area contributed by atoms with E-state index in [1.54, 1.807) is 6.20 Å². The number of amides is 1. The standard InChI is InChI=1S/C15H23N3O/c1-2-16-13-8-9-14(17-12-13)15(19)18-10-6-4-3-5-7-11-18/h8-9,12,16H,2-7,10-11H2,1H3. The van der Waals surface area contributed by atoms with Gasteiger partial charge in [-0.3, -0.25) is 4.79 Å². The number of carbonyl (C=O) groups is 1. The third-order valence-electron chi connectivity index (χ3n) is 3.51. The molecule has 104 valence electrons. The summed E-state index contributed by atoms with van der Waals surface area (Å²) in [5, 5.41) is 3.18. The van der Waals surface area contributed by atoms with Crippen molar-refractivity contribution < 1.29 is 4.79 Å². The third-order valence-corrected chi connectivity index (χ3v) is 3.51. The number of pyridine rings is 1. The van der Waals surface area contributed by atoms with Crippen molar-refractivity contribution in [3.63, 3.8) is 0 Å². The molecule has 0 spiro atoms. The zero-order valence-corrected chi connectivity index (χ0v) is 11.7. The van der Waals surface area contributed by atoms with Crippen molar-refractivity contribution in [3.05, 3.63) is 24.0 Å². The van der Waals surface area contributed by atoms with Crippen molar-refractivity contribution in [1.29, 1.82) is 0 Å². The van der Waals surface area contributed by atoms with Crippen LogP contribution >= 0.6 is 0 Å². The molecule has 4 heteroatoms. The molecule has 1 amide bonds. The Morgan fingerprint density at radius 3 is 2.47 bits per heavy atom. The number of nitrogens with one attached hydrogen (secondary N) is 1. The summed E-state index contributed by atoms with van der Waals surface area (Å²) in [6.07, 6.45) is 7.73. The van der Waals surface area contributed by atoms with E-state index < -0.39 is 0 Å². The molecule has 0 saturated carbocycles.